The fraction of sp³-hybridized carbons (Fsp3) is 0.387. The van der Waals surface area contributed by atoms with Crippen LogP contribution >= 0.6 is 0 Å². The van der Waals surface area contributed by atoms with Crippen LogP contribution in [0.1, 0.15) is 65.4 Å². The van der Waals surface area contributed by atoms with Crippen LogP contribution in [0.25, 0.3) is 0 Å². The second-order valence-electron chi connectivity index (χ2n) is 10.4. The Labute approximate surface area is 225 Å². The van der Waals surface area contributed by atoms with Crippen LogP contribution in [0.3, 0.4) is 0 Å². The molecule has 0 unspecified atom stereocenters. The molecule has 1 aliphatic carbocycles. The van der Waals surface area contributed by atoms with E-state index in [4.69, 9.17) is 14.2 Å². The van der Waals surface area contributed by atoms with Gasteiger partial charge < -0.3 is 14.2 Å². The lowest BCUT2D eigenvalue weighted by Gasteiger charge is -2.27. The molecule has 5 heteroatoms. The van der Waals surface area contributed by atoms with E-state index in [0.717, 1.165) is 43.6 Å². The Morgan fingerprint density at radius 3 is 1.83 bits per heavy atom. The first kappa shape index (κ1) is 26.5. The third-order valence-electron chi connectivity index (χ3n) is 6.65. The van der Waals surface area contributed by atoms with Crippen LogP contribution in [0.2, 0.25) is 0 Å². The molecule has 190 valence electrons. The van der Waals surface area contributed by atoms with Gasteiger partial charge in [-0.25, -0.2) is 4.79 Å². The molecule has 0 N–H and O–H groups in total. The summed E-state index contributed by atoms with van der Waals surface area (Å²) in [4.78, 5) is 12.3. The highest BCUT2D eigenvalue weighted by molar-refractivity contribution is 5.71. The van der Waals surface area contributed by atoms with Crippen molar-refractivity contribution >= 4 is 5.97 Å². The number of ether oxygens (including phenoxy) is 3. The summed E-state index contributed by atoms with van der Waals surface area (Å²) in [6, 6.07) is 24.7. The largest absolute Gasteiger partial charge is 0.482 e. The summed E-state index contributed by atoms with van der Waals surface area (Å²) in [6.45, 7) is 8.73. The Balaban J connectivity index is 1.26. The summed E-state index contributed by atoms with van der Waals surface area (Å²) in [7, 11) is 0. The van der Waals surface area contributed by atoms with Gasteiger partial charge in [0, 0.05) is 0 Å². The maximum atomic E-state index is 12.3. The molecule has 0 atom stereocenters. The highest BCUT2D eigenvalue weighted by atomic mass is 127. The standard InChI is InChI=1S/C31H36IO4/c1-5-31(20-6-7-21-31)36-29(33)22-34-26-16-18-28(19-17-26)35-27-14-12-25(13-15-27)32-24-10-8-23(9-11-24)30(2,3)4/h8-19H,5-7,20-22H2,1-4H3/q+1. The summed E-state index contributed by atoms with van der Waals surface area (Å²) in [6.07, 6.45) is 5.01. The van der Waals surface area contributed by atoms with Crippen molar-refractivity contribution < 1.29 is 40.2 Å². The fourth-order valence-corrected chi connectivity index (χ4v) is 6.56. The van der Waals surface area contributed by atoms with Crippen molar-refractivity contribution in [2.75, 3.05) is 6.61 Å². The van der Waals surface area contributed by atoms with Crippen LogP contribution in [-0.2, 0) is 14.9 Å². The van der Waals surface area contributed by atoms with E-state index in [0.29, 0.717) is 5.75 Å². The van der Waals surface area contributed by atoms with E-state index in [1.54, 1.807) is 0 Å². The Morgan fingerprint density at radius 2 is 1.31 bits per heavy atom. The van der Waals surface area contributed by atoms with Crippen molar-refractivity contribution in [1.82, 2.24) is 0 Å². The molecule has 0 radical (unpaired) electrons. The quantitative estimate of drug-likeness (QED) is 0.268. The third-order valence-corrected chi connectivity index (χ3v) is 9.33. The van der Waals surface area contributed by atoms with Gasteiger partial charge in [-0.2, -0.15) is 0 Å². The zero-order chi connectivity index (χ0) is 25.6. The summed E-state index contributed by atoms with van der Waals surface area (Å²) in [5, 5.41) is 0. The van der Waals surface area contributed by atoms with Crippen molar-refractivity contribution in [1.29, 1.82) is 0 Å². The van der Waals surface area contributed by atoms with Gasteiger partial charge in [0.1, 0.15) is 22.8 Å². The molecule has 0 aromatic heterocycles. The highest BCUT2D eigenvalue weighted by Gasteiger charge is 2.35. The van der Waals surface area contributed by atoms with Gasteiger partial charge in [0.25, 0.3) is 0 Å². The maximum Gasteiger partial charge on any atom is 0.357 e. The molecule has 3 aromatic carbocycles. The summed E-state index contributed by atoms with van der Waals surface area (Å²) in [5.74, 6) is 1.84. The lowest BCUT2D eigenvalue weighted by Crippen LogP contribution is -3.61. The van der Waals surface area contributed by atoms with Gasteiger partial charge in [-0.15, -0.1) is 0 Å². The molecule has 0 spiro atoms. The average Bonchev–Trinajstić information content (AvgIpc) is 3.33. The SMILES string of the molecule is CCC1(OC(=O)COc2ccc(Oc3ccc([I+]c4ccc(C(C)(C)C)cc4)cc3)cc2)CCCC1. The van der Waals surface area contributed by atoms with Crippen LogP contribution in [0.5, 0.6) is 17.2 Å². The monoisotopic (exact) mass is 599 g/mol. The van der Waals surface area contributed by atoms with E-state index in [1.807, 2.05) is 36.4 Å². The minimum absolute atomic E-state index is 0.0779. The van der Waals surface area contributed by atoms with Gasteiger partial charge in [-0.3, -0.25) is 0 Å². The van der Waals surface area contributed by atoms with Crippen molar-refractivity contribution in [3.8, 4) is 17.2 Å². The molecule has 4 rings (SSSR count). The molecular weight excluding hydrogens is 563 g/mol. The maximum absolute atomic E-state index is 12.3. The Kier molecular flexibility index (Phi) is 8.60. The molecule has 0 heterocycles. The highest BCUT2D eigenvalue weighted by Crippen LogP contribution is 2.36. The van der Waals surface area contributed by atoms with Gasteiger partial charge in [-0.05, 0) is 104 Å². The predicted molar refractivity (Wildman–Crippen MR) is 139 cm³/mol. The topological polar surface area (TPSA) is 44.8 Å². The second-order valence-corrected chi connectivity index (χ2v) is 13.4. The van der Waals surface area contributed by atoms with Crippen molar-refractivity contribution in [3.63, 3.8) is 0 Å². The number of hydrogen-bond donors (Lipinski definition) is 0. The molecule has 0 saturated heterocycles. The molecule has 0 aliphatic heterocycles. The molecule has 1 aliphatic rings. The third kappa shape index (κ3) is 7.25. The van der Waals surface area contributed by atoms with Crippen molar-refractivity contribution in [2.45, 2.75) is 70.8 Å². The van der Waals surface area contributed by atoms with Gasteiger partial charge in [0.2, 0.25) is 0 Å². The summed E-state index contributed by atoms with van der Waals surface area (Å²) >= 11 is -0.228. The van der Waals surface area contributed by atoms with E-state index in [1.165, 1.54) is 12.7 Å². The van der Waals surface area contributed by atoms with Crippen LogP contribution < -0.4 is 30.7 Å². The number of hydrogen-bond acceptors (Lipinski definition) is 4. The van der Waals surface area contributed by atoms with Crippen LogP contribution in [0.15, 0.2) is 72.8 Å². The molecule has 36 heavy (non-hydrogen) atoms. The van der Waals surface area contributed by atoms with Crippen molar-refractivity contribution in [3.05, 3.63) is 85.5 Å². The molecule has 0 amide bonds. The first-order valence-corrected chi connectivity index (χ1v) is 14.9. The smallest absolute Gasteiger partial charge is 0.357 e. The van der Waals surface area contributed by atoms with Crippen molar-refractivity contribution in [2.24, 2.45) is 0 Å². The minimum atomic E-state index is -0.299. The number of carbonyl (C=O) groups excluding carboxylic acids is 1. The Morgan fingerprint density at radius 1 is 0.806 bits per heavy atom. The van der Waals surface area contributed by atoms with Gasteiger partial charge >= 0.3 is 27.2 Å². The number of halogens is 1. The van der Waals surface area contributed by atoms with E-state index in [2.05, 4.69) is 64.1 Å². The average molecular weight is 600 g/mol. The van der Waals surface area contributed by atoms with E-state index < -0.39 is 0 Å². The van der Waals surface area contributed by atoms with Gasteiger partial charge in [0.05, 0.1) is 0 Å². The second kappa shape index (κ2) is 11.7. The molecule has 1 fully saturated rings. The Bertz CT molecular complexity index is 1120. The number of carbonyl (C=O) groups is 1. The Hall–Kier alpha value is -2.54. The van der Waals surface area contributed by atoms with E-state index in [-0.39, 0.29) is 44.8 Å². The zero-order valence-electron chi connectivity index (χ0n) is 21.7. The predicted octanol–water partition coefficient (Wildman–Crippen LogP) is 4.55. The van der Waals surface area contributed by atoms with Crippen LogP contribution in [0.4, 0.5) is 0 Å². The van der Waals surface area contributed by atoms with E-state index >= 15 is 0 Å². The van der Waals surface area contributed by atoms with Gasteiger partial charge in [-0.1, -0.05) is 39.8 Å². The number of rotatable bonds is 9. The minimum Gasteiger partial charge on any atom is -0.482 e. The molecular formula is C31H36IO4+. The normalized spacial score (nSPS) is 14.9. The van der Waals surface area contributed by atoms with Crippen LogP contribution in [0, 0.1) is 7.14 Å². The summed E-state index contributed by atoms with van der Waals surface area (Å²) < 4.78 is 20.2. The van der Waals surface area contributed by atoms with Crippen LogP contribution in [-0.4, -0.2) is 18.2 Å². The lowest BCUT2D eigenvalue weighted by molar-refractivity contribution is -0.597. The first-order valence-electron chi connectivity index (χ1n) is 12.7. The zero-order valence-corrected chi connectivity index (χ0v) is 23.8. The number of esters is 1. The molecule has 4 nitrogen and oxygen atoms in total. The first-order chi connectivity index (χ1) is 17.2. The molecule has 3 aromatic rings. The number of benzene rings is 3. The van der Waals surface area contributed by atoms with E-state index in [9.17, 15) is 4.79 Å². The molecule has 0 bridgehead atoms. The fourth-order valence-electron chi connectivity index (χ4n) is 4.40. The molecule has 1 saturated carbocycles. The summed E-state index contributed by atoms with van der Waals surface area (Å²) in [5.41, 5.74) is 1.26. The lowest BCUT2D eigenvalue weighted by atomic mass is 9.87. The van der Waals surface area contributed by atoms with Gasteiger partial charge in [0.15, 0.2) is 13.7 Å².